The van der Waals surface area contributed by atoms with Gasteiger partial charge in [-0.25, -0.2) is 4.98 Å². The van der Waals surface area contributed by atoms with Crippen molar-refractivity contribution in [2.75, 3.05) is 0 Å². The fourth-order valence-electron chi connectivity index (χ4n) is 2.45. The van der Waals surface area contributed by atoms with Gasteiger partial charge in [0.25, 0.3) is 5.56 Å². The maximum absolute atomic E-state index is 12.5. The van der Waals surface area contributed by atoms with Crippen molar-refractivity contribution in [1.82, 2.24) is 9.97 Å². The molecule has 1 aromatic heterocycles. The fraction of sp³-hybridized carbons (Fsp3) is 0.105. The molecule has 0 amide bonds. The standard InChI is InChI=1S/C19H15ClN2O3/c1-11(9-12-5-3-2-4-6-12)17(23)18(24)16-19(25)22-15-10-13(20)7-8-14(15)21-16/h2-10,17,23H,1H3,(H,22,25)/b11-9-. The Kier molecular flexibility index (Phi) is 4.79. The number of H-pyrrole nitrogens is 1. The molecule has 0 spiro atoms. The second-order valence-corrected chi connectivity index (χ2v) is 6.08. The van der Waals surface area contributed by atoms with Gasteiger partial charge < -0.3 is 10.1 Å². The monoisotopic (exact) mass is 354 g/mol. The van der Waals surface area contributed by atoms with Crippen LogP contribution in [0.4, 0.5) is 0 Å². The molecule has 0 bridgehead atoms. The first-order valence-corrected chi connectivity index (χ1v) is 7.98. The molecule has 0 saturated heterocycles. The van der Waals surface area contributed by atoms with Crippen LogP contribution < -0.4 is 5.56 Å². The van der Waals surface area contributed by atoms with Crippen LogP contribution in [0.3, 0.4) is 0 Å². The molecule has 2 aromatic carbocycles. The summed E-state index contributed by atoms with van der Waals surface area (Å²) in [5.74, 6) is -0.747. The lowest BCUT2D eigenvalue weighted by atomic mass is 10.0. The van der Waals surface area contributed by atoms with Crippen molar-refractivity contribution in [3.8, 4) is 0 Å². The van der Waals surface area contributed by atoms with E-state index in [9.17, 15) is 14.7 Å². The number of carbonyl (C=O) groups excluding carboxylic acids is 1. The number of hydrogen-bond donors (Lipinski definition) is 2. The van der Waals surface area contributed by atoms with E-state index in [1.807, 2.05) is 30.3 Å². The number of nitrogens with zero attached hydrogens (tertiary/aromatic N) is 1. The zero-order valence-electron chi connectivity index (χ0n) is 13.4. The molecule has 2 N–H and O–H groups in total. The largest absolute Gasteiger partial charge is 0.380 e. The highest BCUT2D eigenvalue weighted by Crippen LogP contribution is 2.16. The van der Waals surface area contributed by atoms with Crippen LogP contribution in [0.15, 0.2) is 58.9 Å². The third kappa shape index (κ3) is 3.68. The summed E-state index contributed by atoms with van der Waals surface area (Å²) in [4.78, 5) is 31.3. The molecule has 0 fully saturated rings. The molecular weight excluding hydrogens is 340 g/mol. The van der Waals surface area contributed by atoms with E-state index >= 15 is 0 Å². The van der Waals surface area contributed by atoms with E-state index in [1.165, 1.54) is 0 Å². The van der Waals surface area contributed by atoms with E-state index < -0.39 is 17.4 Å². The van der Waals surface area contributed by atoms with E-state index in [0.717, 1.165) is 5.56 Å². The molecule has 25 heavy (non-hydrogen) atoms. The van der Waals surface area contributed by atoms with Crippen molar-refractivity contribution in [3.63, 3.8) is 0 Å². The lowest BCUT2D eigenvalue weighted by molar-refractivity contribution is 0.0800. The van der Waals surface area contributed by atoms with Crippen molar-refractivity contribution < 1.29 is 9.90 Å². The number of hydrogen-bond acceptors (Lipinski definition) is 4. The molecule has 0 aliphatic carbocycles. The van der Waals surface area contributed by atoms with Crippen LogP contribution in [-0.4, -0.2) is 27.0 Å². The summed E-state index contributed by atoms with van der Waals surface area (Å²) in [6.07, 6.45) is 0.246. The predicted octanol–water partition coefficient (Wildman–Crippen LogP) is 3.22. The Bertz CT molecular complexity index is 1030. The zero-order valence-corrected chi connectivity index (χ0v) is 14.1. The number of carbonyl (C=O) groups is 1. The number of aromatic amines is 1. The summed E-state index contributed by atoms with van der Waals surface area (Å²) in [5, 5.41) is 10.8. The van der Waals surface area contributed by atoms with E-state index in [4.69, 9.17) is 11.6 Å². The Balaban J connectivity index is 1.96. The highest BCUT2D eigenvalue weighted by atomic mass is 35.5. The molecule has 6 heteroatoms. The lowest BCUT2D eigenvalue weighted by Crippen LogP contribution is -2.29. The van der Waals surface area contributed by atoms with E-state index in [-0.39, 0.29) is 5.69 Å². The minimum atomic E-state index is -1.45. The fourth-order valence-corrected chi connectivity index (χ4v) is 2.63. The molecular formula is C19H15ClN2O3. The van der Waals surface area contributed by atoms with Crippen LogP contribution in [0, 0.1) is 0 Å². The van der Waals surface area contributed by atoms with Crippen molar-refractivity contribution >= 4 is 34.5 Å². The summed E-state index contributed by atoms with van der Waals surface area (Å²) >= 11 is 5.88. The number of aromatic nitrogens is 2. The second-order valence-electron chi connectivity index (χ2n) is 5.64. The molecule has 0 aliphatic heterocycles. The van der Waals surface area contributed by atoms with Crippen LogP contribution in [-0.2, 0) is 0 Å². The Morgan fingerprint density at radius 2 is 1.96 bits per heavy atom. The minimum absolute atomic E-state index is 0.330. The molecule has 1 atom stereocenters. The third-order valence-electron chi connectivity index (χ3n) is 3.76. The first-order chi connectivity index (χ1) is 12.0. The average molecular weight is 355 g/mol. The number of aliphatic hydroxyl groups excluding tert-OH is 1. The quantitative estimate of drug-likeness (QED) is 0.705. The van der Waals surface area contributed by atoms with Gasteiger partial charge in [0.05, 0.1) is 11.0 Å². The smallest absolute Gasteiger partial charge is 0.278 e. The number of benzene rings is 2. The summed E-state index contributed by atoms with van der Waals surface area (Å²) in [7, 11) is 0. The Morgan fingerprint density at radius 1 is 1.24 bits per heavy atom. The molecule has 1 unspecified atom stereocenters. The average Bonchev–Trinajstić information content (AvgIpc) is 2.60. The molecule has 5 nitrogen and oxygen atoms in total. The van der Waals surface area contributed by atoms with Crippen molar-refractivity contribution in [1.29, 1.82) is 0 Å². The van der Waals surface area contributed by atoms with Crippen molar-refractivity contribution in [3.05, 3.63) is 80.7 Å². The first-order valence-electron chi connectivity index (χ1n) is 7.61. The lowest BCUT2D eigenvalue weighted by Gasteiger charge is -2.10. The molecule has 3 rings (SSSR count). The summed E-state index contributed by atoms with van der Waals surface area (Å²) < 4.78 is 0. The molecule has 0 aliphatic rings. The van der Waals surface area contributed by atoms with Gasteiger partial charge in [-0.1, -0.05) is 48.0 Å². The molecule has 0 radical (unpaired) electrons. The second kappa shape index (κ2) is 7.01. The van der Waals surface area contributed by atoms with Crippen molar-refractivity contribution in [2.24, 2.45) is 0 Å². The molecule has 126 valence electrons. The number of Topliss-reactive ketones (excluding diaryl/α,β-unsaturated/α-hetero) is 1. The topological polar surface area (TPSA) is 83.0 Å². The van der Waals surface area contributed by atoms with Crippen LogP contribution >= 0.6 is 11.6 Å². The van der Waals surface area contributed by atoms with Gasteiger partial charge in [-0.05, 0) is 36.3 Å². The maximum atomic E-state index is 12.5. The summed E-state index contributed by atoms with van der Waals surface area (Å²) in [6, 6.07) is 14.1. The number of ketones is 1. The van der Waals surface area contributed by atoms with E-state index in [2.05, 4.69) is 9.97 Å². The summed E-state index contributed by atoms with van der Waals surface area (Å²) in [6.45, 7) is 1.63. The maximum Gasteiger partial charge on any atom is 0.278 e. The number of rotatable bonds is 4. The normalized spacial score (nSPS) is 13.0. The van der Waals surface area contributed by atoms with Gasteiger partial charge in [-0.2, -0.15) is 0 Å². The number of aliphatic hydroxyl groups is 1. The Morgan fingerprint density at radius 3 is 2.68 bits per heavy atom. The zero-order chi connectivity index (χ0) is 18.0. The van der Waals surface area contributed by atoms with Gasteiger partial charge in [0.2, 0.25) is 5.78 Å². The number of nitrogens with one attached hydrogen (secondary N) is 1. The number of halogens is 1. The molecule has 1 heterocycles. The van der Waals surface area contributed by atoms with E-state index in [1.54, 1.807) is 31.2 Å². The Labute approximate surface area is 148 Å². The highest BCUT2D eigenvalue weighted by molar-refractivity contribution is 6.31. The Hall–Kier alpha value is -2.76. The van der Waals surface area contributed by atoms with Gasteiger partial charge >= 0.3 is 0 Å². The van der Waals surface area contributed by atoms with Crippen molar-refractivity contribution in [2.45, 2.75) is 13.0 Å². The van der Waals surface area contributed by atoms with Crippen LogP contribution in [0.1, 0.15) is 23.0 Å². The van der Waals surface area contributed by atoms with Crippen LogP contribution in [0.25, 0.3) is 17.1 Å². The SMILES string of the molecule is C/C(=C/c1ccccc1)C(O)C(=O)c1nc2ccc(Cl)cc2[nH]c1=O. The van der Waals surface area contributed by atoms with Gasteiger partial charge in [0.15, 0.2) is 5.69 Å². The number of fused-ring (bicyclic) bond motifs is 1. The summed E-state index contributed by atoms with van der Waals surface area (Å²) in [5.41, 5.74) is 1.13. The van der Waals surface area contributed by atoms with E-state index in [0.29, 0.717) is 21.6 Å². The van der Waals surface area contributed by atoms with Gasteiger partial charge in [0.1, 0.15) is 6.10 Å². The van der Waals surface area contributed by atoms with Crippen LogP contribution in [0.5, 0.6) is 0 Å². The highest BCUT2D eigenvalue weighted by Gasteiger charge is 2.23. The van der Waals surface area contributed by atoms with Gasteiger partial charge in [0, 0.05) is 5.02 Å². The van der Waals surface area contributed by atoms with Gasteiger partial charge in [-0.15, -0.1) is 0 Å². The third-order valence-corrected chi connectivity index (χ3v) is 4.00. The predicted molar refractivity (Wildman–Crippen MR) is 97.8 cm³/mol. The van der Waals surface area contributed by atoms with Crippen LogP contribution in [0.2, 0.25) is 5.02 Å². The molecule has 3 aromatic rings. The first kappa shape index (κ1) is 17.1. The minimum Gasteiger partial charge on any atom is -0.380 e. The van der Waals surface area contributed by atoms with Gasteiger partial charge in [-0.3, -0.25) is 9.59 Å². The molecule has 0 saturated carbocycles.